The summed E-state index contributed by atoms with van der Waals surface area (Å²) in [6.45, 7) is 4.17. The topological polar surface area (TPSA) is 78.9 Å². The van der Waals surface area contributed by atoms with Gasteiger partial charge < -0.3 is 20.1 Å². The normalized spacial score (nSPS) is 21.4. The molecule has 1 fully saturated rings. The van der Waals surface area contributed by atoms with Crippen LogP contribution in [0.25, 0.3) is 0 Å². The van der Waals surface area contributed by atoms with Crippen LogP contribution in [0.15, 0.2) is 18.2 Å². The summed E-state index contributed by atoms with van der Waals surface area (Å²) in [6.07, 6.45) is 0.0719. The average molecular weight is 292 g/mol. The van der Waals surface area contributed by atoms with Gasteiger partial charge in [-0.05, 0) is 37.1 Å². The fourth-order valence-electron chi connectivity index (χ4n) is 2.67. The van der Waals surface area contributed by atoms with E-state index < -0.39 is 18.0 Å². The zero-order chi connectivity index (χ0) is 15.6. The number of carbonyl (C=O) groups excluding carboxylic acids is 1. The molecule has 1 aromatic rings. The Balaban J connectivity index is 2.13. The monoisotopic (exact) mass is 292 g/mol. The Labute approximate surface area is 123 Å². The van der Waals surface area contributed by atoms with E-state index in [0.29, 0.717) is 12.1 Å². The molecule has 2 rings (SSSR count). The van der Waals surface area contributed by atoms with E-state index in [-0.39, 0.29) is 12.6 Å². The molecule has 21 heavy (non-hydrogen) atoms. The average Bonchev–Trinajstić information content (AvgIpc) is 2.81. The molecule has 2 N–H and O–H groups in total. The smallest absolute Gasteiger partial charge is 0.326 e. The number of nitrogens with one attached hydrogen (secondary N) is 1. The Morgan fingerprint density at radius 2 is 1.90 bits per heavy atom. The van der Waals surface area contributed by atoms with Gasteiger partial charge in [-0.25, -0.2) is 9.59 Å². The number of nitrogens with zero attached hydrogens (tertiary/aromatic N) is 1. The SMILES string of the molecule is COC1CC(C(=O)O)N(C(=O)Nc2cc(C)cc(C)c2)C1. The lowest BCUT2D eigenvalue weighted by Crippen LogP contribution is -2.43. The van der Waals surface area contributed by atoms with E-state index in [1.54, 1.807) is 0 Å². The van der Waals surface area contributed by atoms with Crippen LogP contribution in [0.5, 0.6) is 0 Å². The van der Waals surface area contributed by atoms with E-state index in [2.05, 4.69) is 5.32 Å². The second kappa shape index (κ2) is 6.13. The minimum atomic E-state index is -1.01. The standard InChI is InChI=1S/C15H20N2O4/c1-9-4-10(2)6-11(5-9)16-15(20)17-8-12(21-3)7-13(17)14(18)19/h4-6,12-13H,7-8H2,1-3H3,(H,16,20)(H,18,19). The summed E-state index contributed by atoms with van der Waals surface area (Å²) >= 11 is 0. The van der Waals surface area contributed by atoms with Crippen molar-refractivity contribution in [1.29, 1.82) is 0 Å². The number of anilines is 1. The molecule has 1 aliphatic heterocycles. The maximum atomic E-state index is 12.3. The number of methoxy groups -OCH3 is 1. The lowest BCUT2D eigenvalue weighted by Gasteiger charge is -2.22. The van der Waals surface area contributed by atoms with Gasteiger partial charge in [-0.15, -0.1) is 0 Å². The third-order valence-electron chi connectivity index (χ3n) is 3.61. The van der Waals surface area contributed by atoms with E-state index in [9.17, 15) is 14.7 Å². The maximum Gasteiger partial charge on any atom is 0.326 e. The first-order valence-electron chi connectivity index (χ1n) is 6.82. The molecule has 0 aliphatic carbocycles. The van der Waals surface area contributed by atoms with Gasteiger partial charge in [-0.3, -0.25) is 0 Å². The molecular formula is C15H20N2O4. The second-order valence-corrected chi connectivity index (χ2v) is 5.41. The summed E-state index contributed by atoms with van der Waals surface area (Å²) in [7, 11) is 1.52. The molecule has 0 bridgehead atoms. The zero-order valence-corrected chi connectivity index (χ0v) is 12.4. The molecule has 6 nitrogen and oxygen atoms in total. The van der Waals surface area contributed by atoms with Crippen molar-refractivity contribution in [3.05, 3.63) is 29.3 Å². The lowest BCUT2D eigenvalue weighted by atomic mass is 10.1. The van der Waals surface area contributed by atoms with Crippen molar-refractivity contribution in [1.82, 2.24) is 4.90 Å². The molecule has 2 atom stereocenters. The highest BCUT2D eigenvalue weighted by Crippen LogP contribution is 2.22. The minimum absolute atomic E-state index is 0.240. The van der Waals surface area contributed by atoms with E-state index in [1.165, 1.54) is 12.0 Å². The van der Waals surface area contributed by atoms with Crippen LogP contribution < -0.4 is 5.32 Å². The van der Waals surface area contributed by atoms with Gasteiger partial charge in [0, 0.05) is 25.8 Å². The fraction of sp³-hybridized carbons (Fsp3) is 0.467. The summed E-state index contributed by atoms with van der Waals surface area (Å²) in [5.74, 6) is -1.01. The molecule has 2 unspecified atom stereocenters. The van der Waals surface area contributed by atoms with Gasteiger partial charge in [0.2, 0.25) is 0 Å². The number of rotatable bonds is 3. The van der Waals surface area contributed by atoms with Crippen molar-refractivity contribution >= 4 is 17.7 Å². The number of hydrogen-bond donors (Lipinski definition) is 2. The highest BCUT2D eigenvalue weighted by molar-refractivity contribution is 5.93. The van der Waals surface area contributed by atoms with Gasteiger partial charge >= 0.3 is 12.0 Å². The molecule has 0 saturated carbocycles. The summed E-state index contributed by atoms with van der Waals surface area (Å²) in [5.41, 5.74) is 2.75. The number of ether oxygens (including phenoxy) is 1. The quantitative estimate of drug-likeness (QED) is 0.893. The van der Waals surface area contributed by atoms with Crippen LogP contribution in [-0.2, 0) is 9.53 Å². The predicted molar refractivity (Wildman–Crippen MR) is 78.5 cm³/mol. The van der Waals surface area contributed by atoms with Crippen molar-refractivity contribution in [3.8, 4) is 0 Å². The molecule has 1 aromatic carbocycles. The van der Waals surface area contributed by atoms with Crippen molar-refractivity contribution in [2.75, 3.05) is 19.0 Å². The zero-order valence-electron chi connectivity index (χ0n) is 12.4. The summed E-state index contributed by atoms with van der Waals surface area (Å²) < 4.78 is 5.18. The molecule has 1 heterocycles. The van der Waals surface area contributed by atoms with Crippen LogP contribution in [0.2, 0.25) is 0 Å². The summed E-state index contributed by atoms with van der Waals surface area (Å²) in [4.78, 5) is 24.9. The first-order chi connectivity index (χ1) is 9.90. The highest BCUT2D eigenvalue weighted by Gasteiger charge is 2.39. The van der Waals surface area contributed by atoms with Gasteiger partial charge in [0.05, 0.1) is 6.10 Å². The van der Waals surface area contributed by atoms with Gasteiger partial charge in [0.25, 0.3) is 0 Å². The van der Waals surface area contributed by atoms with E-state index in [1.807, 2.05) is 32.0 Å². The number of carbonyl (C=O) groups is 2. The van der Waals surface area contributed by atoms with Crippen molar-refractivity contribution in [3.63, 3.8) is 0 Å². The Morgan fingerprint density at radius 3 is 2.43 bits per heavy atom. The lowest BCUT2D eigenvalue weighted by molar-refractivity contribution is -0.141. The number of amides is 2. The molecule has 114 valence electrons. The number of hydrogen-bond acceptors (Lipinski definition) is 3. The molecule has 2 amide bonds. The molecular weight excluding hydrogens is 272 g/mol. The Hall–Kier alpha value is -2.08. The minimum Gasteiger partial charge on any atom is -0.480 e. The number of likely N-dealkylation sites (tertiary alicyclic amines) is 1. The van der Waals surface area contributed by atoms with Gasteiger partial charge in [0.15, 0.2) is 0 Å². The van der Waals surface area contributed by atoms with Crippen LogP contribution in [0.3, 0.4) is 0 Å². The number of benzene rings is 1. The highest BCUT2D eigenvalue weighted by atomic mass is 16.5. The molecule has 0 aromatic heterocycles. The Morgan fingerprint density at radius 1 is 1.29 bits per heavy atom. The van der Waals surface area contributed by atoms with E-state index in [4.69, 9.17) is 4.74 Å². The number of urea groups is 1. The Kier molecular flexibility index (Phi) is 4.47. The Bertz CT molecular complexity index is 538. The van der Waals surface area contributed by atoms with Crippen LogP contribution >= 0.6 is 0 Å². The van der Waals surface area contributed by atoms with Gasteiger partial charge in [-0.1, -0.05) is 6.07 Å². The molecule has 6 heteroatoms. The third kappa shape index (κ3) is 3.52. The van der Waals surface area contributed by atoms with Gasteiger partial charge in [0.1, 0.15) is 6.04 Å². The van der Waals surface area contributed by atoms with E-state index >= 15 is 0 Å². The summed E-state index contributed by atoms with van der Waals surface area (Å²) in [6, 6.07) is 4.45. The summed E-state index contributed by atoms with van der Waals surface area (Å²) in [5, 5.41) is 12.0. The number of carboxylic acids is 1. The van der Waals surface area contributed by atoms with E-state index in [0.717, 1.165) is 11.1 Å². The number of carboxylic acid groups (broad SMARTS) is 1. The molecule has 1 aliphatic rings. The van der Waals surface area contributed by atoms with Crippen molar-refractivity contribution in [2.45, 2.75) is 32.4 Å². The number of aryl methyl sites for hydroxylation is 2. The first kappa shape index (κ1) is 15.3. The second-order valence-electron chi connectivity index (χ2n) is 5.41. The maximum absolute atomic E-state index is 12.3. The molecule has 1 saturated heterocycles. The molecule has 0 spiro atoms. The fourth-order valence-corrected chi connectivity index (χ4v) is 2.67. The number of aliphatic carboxylic acids is 1. The third-order valence-corrected chi connectivity index (χ3v) is 3.61. The van der Waals surface area contributed by atoms with Crippen LogP contribution in [0, 0.1) is 13.8 Å². The van der Waals surface area contributed by atoms with Crippen LogP contribution in [0.1, 0.15) is 17.5 Å². The van der Waals surface area contributed by atoms with Crippen LogP contribution in [0.4, 0.5) is 10.5 Å². The van der Waals surface area contributed by atoms with Gasteiger partial charge in [-0.2, -0.15) is 0 Å². The van der Waals surface area contributed by atoms with Crippen molar-refractivity contribution in [2.24, 2.45) is 0 Å². The first-order valence-corrected chi connectivity index (χ1v) is 6.82. The predicted octanol–water partition coefficient (Wildman–Crippen LogP) is 2.01. The molecule has 0 radical (unpaired) electrons. The van der Waals surface area contributed by atoms with Crippen LogP contribution in [-0.4, -0.2) is 47.8 Å². The largest absolute Gasteiger partial charge is 0.480 e. The van der Waals surface area contributed by atoms with Crippen molar-refractivity contribution < 1.29 is 19.4 Å².